The van der Waals surface area contributed by atoms with Crippen LogP contribution in [0.2, 0.25) is 0 Å². The van der Waals surface area contributed by atoms with Crippen LogP contribution in [0.3, 0.4) is 0 Å². The Hall–Kier alpha value is -0.660. The normalized spacial score (nSPS) is 25.2. The lowest BCUT2D eigenvalue weighted by atomic mass is 9.99. The van der Waals surface area contributed by atoms with E-state index in [1.807, 2.05) is 0 Å². The van der Waals surface area contributed by atoms with Crippen molar-refractivity contribution in [3.8, 4) is 0 Å². The minimum Gasteiger partial charge on any atom is -0.340 e. The van der Waals surface area contributed by atoms with Crippen LogP contribution in [0.1, 0.15) is 19.8 Å². The summed E-state index contributed by atoms with van der Waals surface area (Å²) >= 11 is 0. The Labute approximate surface area is 103 Å². The molecule has 0 aromatic rings. The van der Waals surface area contributed by atoms with Gasteiger partial charge >= 0.3 is 0 Å². The molecule has 0 aromatic heterocycles. The van der Waals surface area contributed by atoms with Gasteiger partial charge in [0.15, 0.2) is 0 Å². The zero-order valence-electron chi connectivity index (χ0n) is 10.3. The first-order valence-electron chi connectivity index (χ1n) is 5.81. The molecule has 100 valence electrons. The molecule has 1 saturated heterocycles. The number of hydrogen-bond donors (Lipinski definition) is 2. The first-order chi connectivity index (χ1) is 7.83. The van der Waals surface area contributed by atoms with Gasteiger partial charge in [-0.15, -0.1) is 0 Å². The zero-order chi connectivity index (χ0) is 13.1. The van der Waals surface area contributed by atoms with Crippen LogP contribution in [0.15, 0.2) is 0 Å². The predicted octanol–water partition coefficient (Wildman–Crippen LogP) is -0.879. The molecule has 0 bridgehead atoms. The third-order valence-electron chi connectivity index (χ3n) is 2.99. The summed E-state index contributed by atoms with van der Waals surface area (Å²) in [6, 6.07) is 0.0112. The fraction of sp³-hybridized carbons (Fsp3) is 0.900. The lowest BCUT2D eigenvalue weighted by molar-refractivity contribution is -0.129. The quantitative estimate of drug-likeness (QED) is 0.674. The average molecular weight is 263 g/mol. The molecule has 0 aromatic carbocycles. The van der Waals surface area contributed by atoms with Crippen molar-refractivity contribution >= 4 is 15.9 Å². The van der Waals surface area contributed by atoms with Crippen LogP contribution in [-0.4, -0.2) is 51.2 Å². The molecule has 1 heterocycles. The molecule has 17 heavy (non-hydrogen) atoms. The molecule has 0 saturated carbocycles. The van der Waals surface area contributed by atoms with E-state index in [0.717, 1.165) is 19.1 Å². The first kappa shape index (κ1) is 14.4. The number of nitrogens with two attached hydrogens (primary N) is 1. The fourth-order valence-electron chi connectivity index (χ4n) is 2.08. The highest BCUT2D eigenvalue weighted by molar-refractivity contribution is 7.88. The molecule has 3 N–H and O–H groups in total. The number of carbonyl (C=O) groups excluding carboxylic acids is 1. The molecule has 6 nitrogen and oxygen atoms in total. The second-order valence-electron chi connectivity index (χ2n) is 4.60. The summed E-state index contributed by atoms with van der Waals surface area (Å²) < 4.78 is 24.0. The number of rotatable bonds is 5. The highest BCUT2D eigenvalue weighted by Gasteiger charge is 2.32. The Morgan fingerprint density at radius 2 is 2.12 bits per heavy atom. The standard InChI is InChI=1S/C10H21N3O3S/c1-3-4-8-6-13(7-9(8)11)10(14)5-12-17(2,15)16/h8-9,12H,3-7,11H2,1-2H3/t8-,9-/m1/s1. The van der Waals surface area contributed by atoms with Gasteiger partial charge in [-0.25, -0.2) is 13.1 Å². The van der Waals surface area contributed by atoms with Crippen molar-refractivity contribution in [1.29, 1.82) is 0 Å². The Morgan fingerprint density at radius 3 is 2.65 bits per heavy atom. The summed E-state index contributed by atoms with van der Waals surface area (Å²) in [7, 11) is -3.31. The van der Waals surface area contributed by atoms with Gasteiger partial charge in [-0.3, -0.25) is 4.79 Å². The number of amides is 1. The summed E-state index contributed by atoms with van der Waals surface area (Å²) in [4.78, 5) is 13.4. The molecule has 0 radical (unpaired) electrons. The van der Waals surface area contributed by atoms with E-state index in [4.69, 9.17) is 5.73 Å². The van der Waals surface area contributed by atoms with Gasteiger partial charge < -0.3 is 10.6 Å². The van der Waals surface area contributed by atoms with Gasteiger partial charge in [-0.05, 0) is 12.3 Å². The van der Waals surface area contributed by atoms with Gasteiger partial charge in [0, 0.05) is 19.1 Å². The maximum atomic E-state index is 11.7. The summed E-state index contributed by atoms with van der Waals surface area (Å²) in [5, 5.41) is 0. The number of hydrogen-bond acceptors (Lipinski definition) is 4. The lowest BCUT2D eigenvalue weighted by Crippen LogP contribution is -2.39. The Bertz CT molecular complexity index is 369. The van der Waals surface area contributed by atoms with E-state index < -0.39 is 10.0 Å². The number of likely N-dealkylation sites (tertiary alicyclic amines) is 1. The van der Waals surface area contributed by atoms with E-state index in [1.165, 1.54) is 0 Å². The van der Waals surface area contributed by atoms with E-state index in [-0.39, 0.29) is 18.5 Å². The third kappa shape index (κ3) is 4.61. The van der Waals surface area contributed by atoms with E-state index in [9.17, 15) is 13.2 Å². The highest BCUT2D eigenvalue weighted by Crippen LogP contribution is 2.19. The predicted molar refractivity (Wildman–Crippen MR) is 65.8 cm³/mol. The smallest absolute Gasteiger partial charge is 0.237 e. The Morgan fingerprint density at radius 1 is 1.47 bits per heavy atom. The molecule has 2 atom stereocenters. The fourth-order valence-corrected chi connectivity index (χ4v) is 2.47. The van der Waals surface area contributed by atoms with Crippen LogP contribution in [0, 0.1) is 5.92 Å². The van der Waals surface area contributed by atoms with Crippen molar-refractivity contribution in [2.24, 2.45) is 11.7 Å². The maximum Gasteiger partial charge on any atom is 0.237 e. The zero-order valence-corrected chi connectivity index (χ0v) is 11.2. The van der Waals surface area contributed by atoms with Gasteiger partial charge in [0.25, 0.3) is 0 Å². The van der Waals surface area contributed by atoms with E-state index in [2.05, 4.69) is 11.6 Å². The third-order valence-corrected chi connectivity index (χ3v) is 3.66. The minimum absolute atomic E-state index is 0.0112. The second kappa shape index (κ2) is 5.79. The van der Waals surface area contributed by atoms with Gasteiger partial charge in [0.2, 0.25) is 15.9 Å². The largest absolute Gasteiger partial charge is 0.340 e. The van der Waals surface area contributed by atoms with Crippen molar-refractivity contribution in [1.82, 2.24) is 9.62 Å². The monoisotopic (exact) mass is 263 g/mol. The number of nitrogens with zero attached hydrogens (tertiary/aromatic N) is 1. The lowest BCUT2D eigenvalue weighted by Gasteiger charge is -2.16. The molecule has 0 spiro atoms. The van der Waals surface area contributed by atoms with Crippen molar-refractivity contribution < 1.29 is 13.2 Å². The molecule has 1 amide bonds. The second-order valence-corrected chi connectivity index (χ2v) is 6.44. The topological polar surface area (TPSA) is 92.5 Å². The van der Waals surface area contributed by atoms with Crippen molar-refractivity contribution in [2.75, 3.05) is 25.9 Å². The van der Waals surface area contributed by atoms with Crippen LogP contribution in [0.25, 0.3) is 0 Å². The van der Waals surface area contributed by atoms with Gasteiger partial charge in [0.05, 0.1) is 12.8 Å². The molecular formula is C10H21N3O3S. The molecule has 1 aliphatic heterocycles. The summed E-state index contributed by atoms with van der Waals surface area (Å²) in [5.41, 5.74) is 5.94. The van der Waals surface area contributed by atoms with Crippen LogP contribution in [0.5, 0.6) is 0 Å². The molecule has 0 aliphatic carbocycles. The minimum atomic E-state index is -3.31. The number of sulfonamides is 1. The van der Waals surface area contributed by atoms with Crippen molar-refractivity contribution in [3.63, 3.8) is 0 Å². The molecule has 7 heteroatoms. The van der Waals surface area contributed by atoms with E-state index in [0.29, 0.717) is 19.0 Å². The Kier molecular flexibility index (Phi) is 4.91. The number of nitrogens with one attached hydrogen (secondary N) is 1. The molecule has 0 unspecified atom stereocenters. The van der Waals surface area contributed by atoms with E-state index in [1.54, 1.807) is 4.90 Å². The van der Waals surface area contributed by atoms with Gasteiger partial charge in [-0.2, -0.15) is 0 Å². The Balaban J connectivity index is 2.44. The average Bonchev–Trinajstić information content (AvgIpc) is 2.57. The van der Waals surface area contributed by atoms with E-state index >= 15 is 0 Å². The van der Waals surface area contributed by atoms with Crippen LogP contribution in [0.4, 0.5) is 0 Å². The molecule has 1 rings (SSSR count). The summed E-state index contributed by atoms with van der Waals surface area (Å²) in [6.07, 6.45) is 3.09. The molecule has 1 fully saturated rings. The molecular weight excluding hydrogens is 242 g/mol. The van der Waals surface area contributed by atoms with Crippen LogP contribution >= 0.6 is 0 Å². The van der Waals surface area contributed by atoms with Crippen molar-refractivity contribution in [2.45, 2.75) is 25.8 Å². The van der Waals surface area contributed by atoms with Gasteiger partial charge in [0.1, 0.15) is 0 Å². The maximum absolute atomic E-state index is 11.7. The molecule has 1 aliphatic rings. The van der Waals surface area contributed by atoms with Crippen LogP contribution in [-0.2, 0) is 14.8 Å². The first-order valence-corrected chi connectivity index (χ1v) is 7.70. The number of carbonyl (C=O) groups is 1. The summed E-state index contributed by atoms with van der Waals surface area (Å²) in [5.74, 6) is 0.131. The van der Waals surface area contributed by atoms with Gasteiger partial charge in [-0.1, -0.05) is 13.3 Å². The summed E-state index contributed by atoms with van der Waals surface area (Å²) in [6.45, 7) is 3.07. The van der Waals surface area contributed by atoms with Crippen LogP contribution < -0.4 is 10.5 Å². The highest BCUT2D eigenvalue weighted by atomic mass is 32.2. The van der Waals surface area contributed by atoms with Crippen molar-refractivity contribution in [3.05, 3.63) is 0 Å². The SMILES string of the molecule is CCC[C@@H]1CN(C(=O)CNS(C)(=O)=O)C[C@H]1N.